The first kappa shape index (κ1) is 20.6. The van der Waals surface area contributed by atoms with Crippen molar-refractivity contribution >= 4 is 34.3 Å². The van der Waals surface area contributed by atoms with Crippen LogP contribution >= 0.6 is 11.3 Å². The Morgan fingerprint density at radius 2 is 1.85 bits per heavy atom. The standard InChI is InChI=1S/C19H23N3O4S/c1-19(2,3)17(26)22-18-20-13(11-27-18)10-15(23)21-14(16(24)25)9-12-7-5-4-6-8-12/h4-8,11,14H,9-10H2,1-3H3,(H,21,23)(H,24,25)(H,20,22,26)/t14-/m0/s1. The highest BCUT2D eigenvalue weighted by atomic mass is 32.1. The Kier molecular flexibility index (Phi) is 6.68. The number of aliphatic carboxylic acids is 1. The van der Waals surface area contributed by atoms with Crippen molar-refractivity contribution in [2.24, 2.45) is 5.41 Å². The molecule has 2 rings (SSSR count). The minimum absolute atomic E-state index is 0.0551. The molecule has 1 heterocycles. The summed E-state index contributed by atoms with van der Waals surface area (Å²) >= 11 is 1.22. The molecule has 7 nitrogen and oxygen atoms in total. The maximum absolute atomic E-state index is 12.2. The Morgan fingerprint density at radius 3 is 2.44 bits per heavy atom. The number of carbonyl (C=O) groups excluding carboxylic acids is 2. The molecular formula is C19H23N3O4S. The first-order valence-corrected chi connectivity index (χ1v) is 9.35. The lowest BCUT2D eigenvalue weighted by atomic mass is 9.96. The van der Waals surface area contributed by atoms with Crippen LogP contribution in [0.4, 0.5) is 5.13 Å². The van der Waals surface area contributed by atoms with Gasteiger partial charge in [0.1, 0.15) is 6.04 Å². The van der Waals surface area contributed by atoms with Crippen LogP contribution in [0.15, 0.2) is 35.7 Å². The number of benzene rings is 1. The number of anilines is 1. The number of carboxylic acids is 1. The molecule has 0 unspecified atom stereocenters. The van der Waals surface area contributed by atoms with Crippen LogP contribution in [0.25, 0.3) is 0 Å². The van der Waals surface area contributed by atoms with E-state index in [1.165, 1.54) is 11.3 Å². The molecule has 2 amide bonds. The average molecular weight is 389 g/mol. The van der Waals surface area contributed by atoms with E-state index in [2.05, 4.69) is 15.6 Å². The summed E-state index contributed by atoms with van der Waals surface area (Å²) < 4.78 is 0. The first-order valence-electron chi connectivity index (χ1n) is 8.47. The molecule has 0 aliphatic carbocycles. The molecule has 8 heteroatoms. The quantitative estimate of drug-likeness (QED) is 0.674. The summed E-state index contributed by atoms with van der Waals surface area (Å²) in [6, 6.07) is 8.09. The second-order valence-corrected chi connectivity index (χ2v) is 8.03. The number of nitrogens with one attached hydrogen (secondary N) is 2. The zero-order valence-electron chi connectivity index (χ0n) is 15.5. The van der Waals surface area contributed by atoms with Crippen molar-refractivity contribution in [3.05, 3.63) is 47.0 Å². The number of carbonyl (C=O) groups is 3. The SMILES string of the molecule is CC(C)(C)C(=O)Nc1nc(CC(=O)N[C@@H](Cc2ccccc2)C(=O)O)cs1. The largest absolute Gasteiger partial charge is 0.480 e. The van der Waals surface area contributed by atoms with Crippen LogP contribution in [-0.2, 0) is 27.2 Å². The molecule has 1 aromatic carbocycles. The van der Waals surface area contributed by atoms with Crippen molar-refractivity contribution in [2.75, 3.05) is 5.32 Å². The van der Waals surface area contributed by atoms with Crippen molar-refractivity contribution in [3.63, 3.8) is 0 Å². The molecule has 0 radical (unpaired) electrons. The molecule has 2 aromatic rings. The van der Waals surface area contributed by atoms with Crippen LogP contribution < -0.4 is 10.6 Å². The summed E-state index contributed by atoms with van der Waals surface area (Å²) in [5, 5.41) is 16.7. The molecule has 1 aromatic heterocycles. The van der Waals surface area contributed by atoms with Crippen molar-refractivity contribution < 1.29 is 19.5 Å². The molecule has 0 aliphatic heterocycles. The normalized spacial score (nSPS) is 12.3. The van der Waals surface area contributed by atoms with Crippen molar-refractivity contribution in [1.82, 2.24) is 10.3 Å². The van der Waals surface area contributed by atoms with Gasteiger partial charge in [0, 0.05) is 17.2 Å². The second-order valence-electron chi connectivity index (χ2n) is 7.17. The number of hydrogen-bond acceptors (Lipinski definition) is 5. The van der Waals surface area contributed by atoms with Crippen molar-refractivity contribution in [2.45, 2.75) is 39.7 Å². The number of rotatable bonds is 7. The van der Waals surface area contributed by atoms with E-state index in [9.17, 15) is 19.5 Å². The van der Waals surface area contributed by atoms with Crippen LogP contribution in [0, 0.1) is 5.41 Å². The van der Waals surface area contributed by atoms with Crippen LogP contribution in [-0.4, -0.2) is 33.9 Å². The summed E-state index contributed by atoms with van der Waals surface area (Å²) in [6.45, 7) is 5.38. The van der Waals surface area contributed by atoms with E-state index < -0.39 is 23.3 Å². The highest BCUT2D eigenvalue weighted by Gasteiger charge is 2.23. The average Bonchev–Trinajstić information content (AvgIpc) is 3.01. The van der Waals surface area contributed by atoms with Gasteiger partial charge in [0.25, 0.3) is 0 Å². The summed E-state index contributed by atoms with van der Waals surface area (Å²) in [4.78, 5) is 39.8. The van der Waals surface area contributed by atoms with Crippen LogP contribution in [0.5, 0.6) is 0 Å². The zero-order chi connectivity index (χ0) is 20.0. The third-order valence-corrected chi connectivity index (χ3v) is 4.52. The van der Waals surface area contributed by atoms with Crippen LogP contribution in [0.2, 0.25) is 0 Å². The Bertz CT molecular complexity index is 812. The molecule has 0 fully saturated rings. The monoisotopic (exact) mass is 389 g/mol. The van der Waals surface area contributed by atoms with E-state index in [4.69, 9.17) is 0 Å². The lowest BCUT2D eigenvalue weighted by molar-refractivity contribution is -0.141. The molecule has 0 saturated heterocycles. The molecule has 1 atom stereocenters. The number of thiazole rings is 1. The Morgan fingerprint density at radius 1 is 1.19 bits per heavy atom. The van der Waals surface area contributed by atoms with Crippen molar-refractivity contribution in [1.29, 1.82) is 0 Å². The highest BCUT2D eigenvalue weighted by Crippen LogP contribution is 2.20. The molecule has 0 bridgehead atoms. The van der Waals surface area contributed by atoms with Gasteiger partial charge in [0.05, 0.1) is 12.1 Å². The summed E-state index contributed by atoms with van der Waals surface area (Å²) in [5.74, 6) is -1.69. The van der Waals surface area contributed by atoms with E-state index in [0.29, 0.717) is 10.8 Å². The molecule has 3 N–H and O–H groups in total. The number of amides is 2. The van der Waals surface area contributed by atoms with Crippen LogP contribution in [0.3, 0.4) is 0 Å². The van der Waals surface area contributed by atoms with Gasteiger partial charge in [-0.25, -0.2) is 9.78 Å². The van der Waals surface area contributed by atoms with Crippen molar-refractivity contribution in [3.8, 4) is 0 Å². The summed E-state index contributed by atoms with van der Waals surface area (Å²) in [7, 11) is 0. The van der Waals surface area contributed by atoms with Gasteiger partial charge in [-0.2, -0.15) is 0 Å². The van der Waals surface area contributed by atoms with Gasteiger partial charge in [0.2, 0.25) is 11.8 Å². The third kappa shape index (κ3) is 6.49. The van der Waals surface area contributed by atoms with Gasteiger partial charge in [-0.05, 0) is 5.56 Å². The molecule has 0 spiro atoms. The highest BCUT2D eigenvalue weighted by molar-refractivity contribution is 7.13. The minimum atomic E-state index is -1.09. The smallest absolute Gasteiger partial charge is 0.326 e. The predicted octanol–water partition coefficient (Wildman–Crippen LogP) is 2.48. The lowest BCUT2D eigenvalue weighted by Gasteiger charge is -2.16. The van der Waals surface area contributed by atoms with Gasteiger partial charge in [-0.1, -0.05) is 51.1 Å². The molecule has 144 valence electrons. The topological polar surface area (TPSA) is 108 Å². The van der Waals surface area contributed by atoms with Gasteiger partial charge in [-0.3, -0.25) is 9.59 Å². The van der Waals surface area contributed by atoms with E-state index in [-0.39, 0.29) is 18.7 Å². The molecule has 27 heavy (non-hydrogen) atoms. The fourth-order valence-corrected chi connectivity index (χ4v) is 2.90. The van der Waals surface area contributed by atoms with Crippen LogP contribution in [0.1, 0.15) is 32.0 Å². The Hall–Kier alpha value is -2.74. The lowest BCUT2D eigenvalue weighted by Crippen LogP contribution is -2.43. The van der Waals surface area contributed by atoms with E-state index in [0.717, 1.165) is 5.56 Å². The fourth-order valence-electron chi connectivity index (χ4n) is 2.19. The summed E-state index contributed by atoms with van der Waals surface area (Å²) in [5.41, 5.74) is 0.756. The van der Waals surface area contributed by atoms with E-state index >= 15 is 0 Å². The number of hydrogen-bond donors (Lipinski definition) is 3. The molecule has 0 aliphatic rings. The Labute approximate surface area is 161 Å². The van der Waals surface area contributed by atoms with Gasteiger partial charge in [-0.15, -0.1) is 11.3 Å². The number of nitrogens with zero attached hydrogens (tertiary/aromatic N) is 1. The van der Waals surface area contributed by atoms with E-state index in [1.54, 1.807) is 26.2 Å². The predicted molar refractivity (Wildman–Crippen MR) is 104 cm³/mol. The molecular weight excluding hydrogens is 366 g/mol. The third-order valence-electron chi connectivity index (χ3n) is 3.71. The second kappa shape index (κ2) is 8.77. The minimum Gasteiger partial charge on any atom is -0.480 e. The fraction of sp³-hybridized carbons (Fsp3) is 0.368. The number of aromatic nitrogens is 1. The maximum atomic E-state index is 12.2. The summed E-state index contributed by atoms with van der Waals surface area (Å²) in [6.07, 6.45) is 0.145. The van der Waals surface area contributed by atoms with Gasteiger partial charge >= 0.3 is 5.97 Å². The Balaban J connectivity index is 1.94. The maximum Gasteiger partial charge on any atom is 0.326 e. The van der Waals surface area contributed by atoms with Gasteiger partial charge < -0.3 is 15.7 Å². The molecule has 0 saturated carbocycles. The first-order chi connectivity index (χ1) is 12.6. The van der Waals surface area contributed by atoms with E-state index in [1.807, 2.05) is 30.3 Å². The number of carboxylic acid groups (broad SMARTS) is 1. The van der Waals surface area contributed by atoms with Gasteiger partial charge in [0.15, 0.2) is 5.13 Å². The zero-order valence-corrected chi connectivity index (χ0v) is 16.3.